The smallest absolute Gasteiger partial charge is 0.414 e. The number of piperidine rings is 1. The molecule has 0 radical (unpaired) electrons. The molecule has 2 heterocycles. The Hall–Kier alpha value is -1.96. The normalized spacial score (nSPS) is 19.8. The molecular formula is C21H33N3O4. The van der Waals surface area contributed by atoms with Crippen molar-refractivity contribution < 1.29 is 19.8 Å². The van der Waals surface area contributed by atoms with Crippen LogP contribution in [0.1, 0.15) is 32.3 Å². The summed E-state index contributed by atoms with van der Waals surface area (Å²) < 4.78 is 0. The molecule has 2 fully saturated rings. The molecule has 1 aromatic rings. The van der Waals surface area contributed by atoms with Gasteiger partial charge in [-0.3, -0.25) is 14.7 Å². The molecule has 2 N–H and O–H groups in total. The first kappa shape index (κ1) is 22.3. The molecule has 0 spiro atoms. The number of nitrogens with zero attached hydrogens (tertiary/aromatic N) is 3. The van der Waals surface area contributed by atoms with E-state index < -0.39 is 11.9 Å². The van der Waals surface area contributed by atoms with E-state index in [9.17, 15) is 0 Å². The molecule has 0 atom stereocenters. The van der Waals surface area contributed by atoms with Gasteiger partial charge in [0.05, 0.1) is 0 Å². The van der Waals surface area contributed by atoms with Gasteiger partial charge in [-0.2, -0.15) is 0 Å². The standard InChI is InChI=1S/C19H31N3.C2H2O4/c1-17(2)21-12-14-22(15-13-21)19-8-10-20(11-9-19)16-18-6-4-3-5-7-18;3-1(4)2(5)6/h3-7,17,19H,8-16H2,1-2H3;(H,3,4)(H,5,6). The lowest BCUT2D eigenvalue weighted by Crippen LogP contribution is -2.54. The lowest BCUT2D eigenvalue weighted by atomic mass is 10.0. The maximum Gasteiger partial charge on any atom is 0.414 e. The van der Waals surface area contributed by atoms with Crippen molar-refractivity contribution in [1.29, 1.82) is 0 Å². The Morgan fingerprint density at radius 1 is 0.929 bits per heavy atom. The number of carboxylic acids is 2. The summed E-state index contributed by atoms with van der Waals surface area (Å²) in [5.41, 5.74) is 1.45. The van der Waals surface area contributed by atoms with Gasteiger partial charge < -0.3 is 10.2 Å². The summed E-state index contributed by atoms with van der Waals surface area (Å²) in [6, 6.07) is 12.4. The fourth-order valence-electron chi connectivity index (χ4n) is 3.90. The van der Waals surface area contributed by atoms with Crippen LogP contribution >= 0.6 is 0 Å². The lowest BCUT2D eigenvalue weighted by molar-refractivity contribution is -0.159. The minimum absolute atomic E-state index is 0.704. The van der Waals surface area contributed by atoms with Crippen LogP contribution in [0, 0.1) is 0 Å². The molecule has 0 bridgehead atoms. The number of carbonyl (C=O) groups is 2. The van der Waals surface area contributed by atoms with E-state index in [0.717, 1.165) is 12.6 Å². The van der Waals surface area contributed by atoms with E-state index in [0.29, 0.717) is 6.04 Å². The van der Waals surface area contributed by atoms with Crippen molar-refractivity contribution in [3.05, 3.63) is 35.9 Å². The first-order valence-electron chi connectivity index (χ1n) is 10.1. The van der Waals surface area contributed by atoms with Crippen molar-refractivity contribution >= 4 is 11.9 Å². The Balaban J connectivity index is 0.000000409. The fraction of sp³-hybridized carbons (Fsp3) is 0.619. The number of benzene rings is 1. The number of aliphatic carboxylic acids is 2. The molecule has 1 aromatic carbocycles. The van der Waals surface area contributed by atoms with Crippen LogP contribution in [0.15, 0.2) is 30.3 Å². The maximum atomic E-state index is 9.10. The third-order valence-corrected chi connectivity index (χ3v) is 5.58. The van der Waals surface area contributed by atoms with Crippen molar-refractivity contribution in [2.45, 2.75) is 45.3 Å². The molecule has 0 aliphatic carbocycles. The zero-order valence-electron chi connectivity index (χ0n) is 17.0. The van der Waals surface area contributed by atoms with Crippen LogP contribution in [-0.2, 0) is 16.1 Å². The van der Waals surface area contributed by atoms with Gasteiger partial charge in [0.25, 0.3) is 0 Å². The zero-order valence-corrected chi connectivity index (χ0v) is 17.0. The van der Waals surface area contributed by atoms with E-state index in [-0.39, 0.29) is 0 Å². The predicted octanol–water partition coefficient (Wildman–Crippen LogP) is 1.83. The summed E-state index contributed by atoms with van der Waals surface area (Å²) in [4.78, 5) is 26.2. The van der Waals surface area contributed by atoms with Gasteiger partial charge >= 0.3 is 11.9 Å². The largest absolute Gasteiger partial charge is 0.473 e. The highest BCUT2D eigenvalue weighted by molar-refractivity contribution is 6.27. The topological polar surface area (TPSA) is 84.3 Å². The molecular weight excluding hydrogens is 358 g/mol. The lowest BCUT2D eigenvalue weighted by Gasteiger charge is -2.43. The number of hydrogen-bond acceptors (Lipinski definition) is 5. The highest BCUT2D eigenvalue weighted by atomic mass is 16.4. The molecule has 28 heavy (non-hydrogen) atoms. The minimum atomic E-state index is -1.82. The number of piperazine rings is 1. The average Bonchev–Trinajstić information content (AvgIpc) is 2.70. The number of hydrogen-bond donors (Lipinski definition) is 2. The SMILES string of the molecule is CC(C)N1CCN(C2CCN(Cc3ccccc3)CC2)CC1.O=C(O)C(=O)O. The monoisotopic (exact) mass is 391 g/mol. The molecule has 7 nitrogen and oxygen atoms in total. The van der Waals surface area contributed by atoms with Crippen molar-refractivity contribution in [2.75, 3.05) is 39.3 Å². The summed E-state index contributed by atoms with van der Waals surface area (Å²) in [6.45, 7) is 13.3. The second kappa shape index (κ2) is 11.1. The van der Waals surface area contributed by atoms with Crippen LogP contribution in [0.4, 0.5) is 0 Å². The van der Waals surface area contributed by atoms with Gasteiger partial charge in [-0.1, -0.05) is 30.3 Å². The van der Waals surface area contributed by atoms with Gasteiger partial charge in [-0.25, -0.2) is 9.59 Å². The van der Waals surface area contributed by atoms with Gasteiger partial charge in [0.15, 0.2) is 0 Å². The van der Waals surface area contributed by atoms with Crippen molar-refractivity contribution in [1.82, 2.24) is 14.7 Å². The van der Waals surface area contributed by atoms with Crippen LogP contribution in [0.5, 0.6) is 0 Å². The van der Waals surface area contributed by atoms with Gasteiger partial charge in [-0.05, 0) is 45.3 Å². The average molecular weight is 392 g/mol. The van der Waals surface area contributed by atoms with Crippen molar-refractivity contribution in [2.24, 2.45) is 0 Å². The minimum Gasteiger partial charge on any atom is -0.473 e. The van der Waals surface area contributed by atoms with E-state index in [1.807, 2.05) is 0 Å². The van der Waals surface area contributed by atoms with Gasteiger partial charge in [0.1, 0.15) is 0 Å². The first-order valence-corrected chi connectivity index (χ1v) is 10.1. The molecule has 0 unspecified atom stereocenters. The molecule has 7 heteroatoms. The van der Waals surface area contributed by atoms with Gasteiger partial charge in [0.2, 0.25) is 0 Å². The molecule has 3 rings (SSSR count). The number of rotatable bonds is 4. The van der Waals surface area contributed by atoms with Crippen molar-refractivity contribution in [3.63, 3.8) is 0 Å². The summed E-state index contributed by atoms with van der Waals surface area (Å²) in [6.07, 6.45) is 2.68. The highest BCUT2D eigenvalue weighted by Gasteiger charge is 2.27. The molecule has 0 amide bonds. The summed E-state index contributed by atoms with van der Waals surface area (Å²) in [7, 11) is 0. The Morgan fingerprint density at radius 3 is 1.93 bits per heavy atom. The molecule has 0 saturated carbocycles. The van der Waals surface area contributed by atoms with Crippen LogP contribution in [0.3, 0.4) is 0 Å². The van der Waals surface area contributed by atoms with Gasteiger partial charge in [0, 0.05) is 44.8 Å². The van der Waals surface area contributed by atoms with E-state index in [1.54, 1.807) is 0 Å². The zero-order chi connectivity index (χ0) is 20.5. The van der Waals surface area contributed by atoms with Crippen LogP contribution in [-0.4, -0.2) is 88.2 Å². The van der Waals surface area contributed by atoms with E-state index in [4.69, 9.17) is 19.8 Å². The van der Waals surface area contributed by atoms with Crippen LogP contribution in [0.25, 0.3) is 0 Å². The fourth-order valence-corrected chi connectivity index (χ4v) is 3.90. The third kappa shape index (κ3) is 7.22. The Kier molecular flexibility index (Phi) is 8.89. The summed E-state index contributed by atoms with van der Waals surface area (Å²) >= 11 is 0. The molecule has 2 saturated heterocycles. The highest BCUT2D eigenvalue weighted by Crippen LogP contribution is 2.20. The quantitative estimate of drug-likeness (QED) is 0.758. The maximum absolute atomic E-state index is 9.10. The summed E-state index contributed by atoms with van der Waals surface area (Å²) in [5.74, 6) is -3.65. The van der Waals surface area contributed by atoms with Gasteiger partial charge in [-0.15, -0.1) is 0 Å². The third-order valence-electron chi connectivity index (χ3n) is 5.58. The molecule has 2 aliphatic rings. The van der Waals surface area contributed by atoms with E-state index >= 15 is 0 Å². The van der Waals surface area contributed by atoms with E-state index in [1.165, 1.54) is 57.7 Å². The molecule has 156 valence electrons. The molecule has 0 aromatic heterocycles. The predicted molar refractivity (Wildman–Crippen MR) is 108 cm³/mol. The Labute approximate surface area is 167 Å². The van der Waals surface area contributed by atoms with E-state index in [2.05, 4.69) is 58.9 Å². The second-order valence-corrected chi connectivity index (χ2v) is 7.77. The first-order chi connectivity index (χ1) is 13.4. The molecule has 2 aliphatic heterocycles. The summed E-state index contributed by atoms with van der Waals surface area (Å²) in [5, 5.41) is 14.8. The van der Waals surface area contributed by atoms with Crippen LogP contribution in [0.2, 0.25) is 0 Å². The van der Waals surface area contributed by atoms with Crippen LogP contribution < -0.4 is 0 Å². The van der Waals surface area contributed by atoms with Crippen molar-refractivity contribution in [3.8, 4) is 0 Å². The number of carboxylic acid groups (broad SMARTS) is 2. The number of likely N-dealkylation sites (tertiary alicyclic amines) is 1. The Bertz CT molecular complexity index is 595. The second-order valence-electron chi connectivity index (χ2n) is 7.77. The Morgan fingerprint density at radius 2 is 1.46 bits per heavy atom.